The number of carbonyl (C=O) groups is 1. The van der Waals surface area contributed by atoms with E-state index < -0.39 is 17.8 Å². The number of alkyl halides is 3. The molecule has 0 amide bonds. The highest BCUT2D eigenvalue weighted by atomic mass is 35.5. The predicted octanol–water partition coefficient (Wildman–Crippen LogP) is 4.45. The lowest BCUT2D eigenvalue weighted by Gasteiger charge is -2.10. The van der Waals surface area contributed by atoms with E-state index in [0.717, 1.165) is 0 Å². The molecule has 3 rings (SSSR count). The molecule has 0 spiro atoms. The Morgan fingerprint density at radius 1 is 1.32 bits per heavy atom. The topological polar surface area (TPSA) is 91.8 Å². The van der Waals surface area contributed by atoms with Gasteiger partial charge < -0.3 is 9.67 Å². The number of rotatable bonds is 3. The zero-order valence-corrected chi connectivity index (χ0v) is 15.5. The molecule has 1 aromatic carbocycles. The second kappa shape index (κ2) is 6.96. The van der Waals surface area contributed by atoms with Gasteiger partial charge in [0.05, 0.1) is 16.1 Å². The van der Waals surface area contributed by atoms with E-state index in [1.807, 2.05) is 0 Å². The SMILES string of the molecule is Cn1c(Cc2c(Cl)ccc(C(=O)O)c2Cl)nc2c(C#N)cc(C(F)(F)F)nc21. The fourth-order valence-corrected chi connectivity index (χ4v) is 3.25. The van der Waals surface area contributed by atoms with Gasteiger partial charge in [-0.25, -0.2) is 14.8 Å². The summed E-state index contributed by atoms with van der Waals surface area (Å²) < 4.78 is 40.4. The fraction of sp³-hybridized carbons (Fsp3) is 0.176. The maximum absolute atomic E-state index is 13.1. The molecule has 0 saturated carbocycles. The first-order valence-corrected chi connectivity index (χ1v) is 8.34. The van der Waals surface area contributed by atoms with Crippen molar-refractivity contribution in [1.82, 2.24) is 14.5 Å². The number of aromatic nitrogens is 3. The van der Waals surface area contributed by atoms with Crippen LogP contribution in [-0.2, 0) is 19.6 Å². The number of fused-ring (bicyclic) bond motifs is 1. The molecule has 0 aliphatic carbocycles. The van der Waals surface area contributed by atoms with Crippen molar-refractivity contribution >= 4 is 40.3 Å². The Morgan fingerprint density at radius 3 is 2.57 bits per heavy atom. The van der Waals surface area contributed by atoms with Crippen LogP contribution in [0.5, 0.6) is 0 Å². The van der Waals surface area contributed by atoms with Gasteiger partial charge in [-0.05, 0) is 23.8 Å². The third-order valence-corrected chi connectivity index (χ3v) is 4.87. The lowest BCUT2D eigenvalue weighted by Crippen LogP contribution is -2.09. The first-order chi connectivity index (χ1) is 13.0. The van der Waals surface area contributed by atoms with Crippen molar-refractivity contribution in [2.24, 2.45) is 7.05 Å². The molecule has 2 aromatic heterocycles. The summed E-state index contributed by atoms with van der Waals surface area (Å²) in [5, 5.41) is 18.5. The molecule has 0 aliphatic rings. The van der Waals surface area contributed by atoms with Gasteiger partial charge in [0.25, 0.3) is 0 Å². The van der Waals surface area contributed by atoms with E-state index in [2.05, 4.69) is 9.97 Å². The summed E-state index contributed by atoms with van der Waals surface area (Å²) in [6, 6.07) is 4.92. The second-order valence-corrected chi connectivity index (χ2v) is 6.58. The van der Waals surface area contributed by atoms with Crippen LogP contribution in [0.2, 0.25) is 10.0 Å². The zero-order valence-electron chi connectivity index (χ0n) is 14.0. The van der Waals surface area contributed by atoms with Gasteiger partial charge in [0.2, 0.25) is 0 Å². The molecule has 0 atom stereocenters. The quantitative estimate of drug-likeness (QED) is 0.664. The zero-order chi connectivity index (χ0) is 20.8. The number of aromatic carboxylic acids is 1. The number of nitriles is 1. The van der Waals surface area contributed by atoms with Crippen molar-refractivity contribution in [3.63, 3.8) is 0 Å². The molecule has 3 aromatic rings. The van der Waals surface area contributed by atoms with E-state index in [0.29, 0.717) is 6.07 Å². The largest absolute Gasteiger partial charge is 0.478 e. The molecular weight excluding hydrogens is 420 g/mol. The molecule has 144 valence electrons. The van der Waals surface area contributed by atoms with Gasteiger partial charge >= 0.3 is 12.1 Å². The van der Waals surface area contributed by atoms with Crippen molar-refractivity contribution in [2.45, 2.75) is 12.6 Å². The van der Waals surface area contributed by atoms with E-state index in [1.165, 1.54) is 23.7 Å². The van der Waals surface area contributed by atoms with Crippen molar-refractivity contribution in [1.29, 1.82) is 5.26 Å². The summed E-state index contributed by atoms with van der Waals surface area (Å²) in [5.41, 5.74) is -1.56. The van der Waals surface area contributed by atoms with Gasteiger partial charge in [0.15, 0.2) is 5.65 Å². The van der Waals surface area contributed by atoms with Crippen LogP contribution in [-0.4, -0.2) is 25.6 Å². The Morgan fingerprint density at radius 2 is 2.00 bits per heavy atom. The molecule has 0 unspecified atom stereocenters. The third-order valence-electron chi connectivity index (χ3n) is 4.08. The summed E-state index contributed by atoms with van der Waals surface area (Å²) in [6.45, 7) is 0. The molecule has 2 heterocycles. The Kier molecular flexibility index (Phi) is 4.95. The number of aryl methyl sites for hydroxylation is 1. The fourth-order valence-electron chi connectivity index (χ4n) is 2.67. The molecule has 6 nitrogen and oxygen atoms in total. The van der Waals surface area contributed by atoms with Crippen molar-refractivity contribution in [3.05, 3.63) is 56.5 Å². The highest BCUT2D eigenvalue weighted by Gasteiger charge is 2.34. The Balaban J connectivity index is 2.19. The van der Waals surface area contributed by atoms with E-state index in [9.17, 15) is 28.3 Å². The van der Waals surface area contributed by atoms with Gasteiger partial charge in [0.1, 0.15) is 23.1 Å². The average Bonchev–Trinajstić information content (AvgIpc) is 2.92. The third kappa shape index (κ3) is 3.37. The average molecular weight is 429 g/mol. The normalized spacial score (nSPS) is 11.6. The summed E-state index contributed by atoms with van der Waals surface area (Å²) >= 11 is 12.3. The number of benzene rings is 1. The van der Waals surface area contributed by atoms with E-state index >= 15 is 0 Å². The molecule has 0 radical (unpaired) electrons. The number of carboxylic acids is 1. The molecule has 28 heavy (non-hydrogen) atoms. The summed E-state index contributed by atoms with van der Waals surface area (Å²) in [7, 11) is 1.43. The summed E-state index contributed by atoms with van der Waals surface area (Å²) in [4.78, 5) is 19.0. The maximum atomic E-state index is 13.1. The van der Waals surface area contributed by atoms with E-state index in [1.54, 1.807) is 6.07 Å². The van der Waals surface area contributed by atoms with Gasteiger partial charge in [0, 0.05) is 18.5 Å². The lowest BCUT2D eigenvalue weighted by molar-refractivity contribution is -0.141. The lowest BCUT2D eigenvalue weighted by atomic mass is 10.1. The Labute approximate surface area is 165 Å². The van der Waals surface area contributed by atoms with Crippen LogP contribution in [0, 0.1) is 11.3 Å². The highest BCUT2D eigenvalue weighted by molar-refractivity contribution is 6.37. The molecule has 1 N–H and O–H groups in total. The minimum Gasteiger partial charge on any atom is -0.478 e. The number of imidazole rings is 1. The molecule has 0 bridgehead atoms. The van der Waals surface area contributed by atoms with E-state index in [-0.39, 0.29) is 50.1 Å². The number of nitrogens with zero attached hydrogens (tertiary/aromatic N) is 4. The molecule has 11 heteroatoms. The van der Waals surface area contributed by atoms with Crippen LogP contribution in [0.25, 0.3) is 11.2 Å². The summed E-state index contributed by atoms with van der Waals surface area (Å²) in [5.74, 6) is -1.04. The molecule has 0 saturated heterocycles. The minimum absolute atomic E-state index is 0.00497. The first kappa shape index (κ1) is 19.9. The van der Waals surface area contributed by atoms with Gasteiger partial charge in [-0.15, -0.1) is 0 Å². The van der Waals surface area contributed by atoms with Gasteiger partial charge in [-0.2, -0.15) is 18.4 Å². The minimum atomic E-state index is -4.73. The molecule has 0 aliphatic heterocycles. The van der Waals surface area contributed by atoms with Gasteiger partial charge in [-0.3, -0.25) is 0 Å². The van der Waals surface area contributed by atoms with Crippen LogP contribution >= 0.6 is 23.2 Å². The number of hydrogen-bond acceptors (Lipinski definition) is 4. The van der Waals surface area contributed by atoms with Crippen molar-refractivity contribution in [3.8, 4) is 6.07 Å². The van der Waals surface area contributed by atoms with Crippen LogP contribution in [0.15, 0.2) is 18.2 Å². The monoisotopic (exact) mass is 428 g/mol. The Bertz CT molecular complexity index is 1170. The number of halogens is 5. The predicted molar refractivity (Wildman–Crippen MR) is 94.5 cm³/mol. The molecular formula is C17H9Cl2F3N4O2. The van der Waals surface area contributed by atoms with Crippen LogP contribution < -0.4 is 0 Å². The smallest absolute Gasteiger partial charge is 0.433 e. The maximum Gasteiger partial charge on any atom is 0.433 e. The van der Waals surface area contributed by atoms with Crippen LogP contribution in [0.4, 0.5) is 13.2 Å². The van der Waals surface area contributed by atoms with Crippen molar-refractivity contribution < 1.29 is 23.1 Å². The number of pyridine rings is 1. The van der Waals surface area contributed by atoms with Crippen LogP contribution in [0.1, 0.15) is 33.0 Å². The van der Waals surface area contributed by atoms with Crippen molar-refractivity contribution in [2.75, 3.05) is 0 Å². The van der Waals surface area contributed by atoms with E-state index in [4.69, 9.17) is 23.2 Å². The molecule has 0 fully saturated rings. The standard InChI is InChI=1S/C17H9Cl2F3N4O2/c1-26-12(5-9-10(18)3-2-8(13(9)19)16(27)28)25-14-7(6-23)4-11(17(20,21)22)24-15(14)26/h2-4H,5H2,1H3,(H,27,28). The number of hydrogen-bond donors (Lipinski definition) is 1. The highest BCUT2D eigenvalue weighted by Crippen LogP contribution is 2.33. The summed E-state index contributed by atoms with van der Waals surface area (Å²) in [6.07, 6.45) is -4.80. The first-order valence-electron chi connectivity index (χ1n) is 7.58. The Hall–Kier alpha value is -2.83. The number of carboxylic acid groups (broad SMARTS) is 1. The second-order valence-electron chi connectivity index (χ2n) is 5.79. The van der Waals surface area contributed by atoms with Crippen LogP contribution in [0.3, 0.4) is 0 Å². The van der Waals surface area contributed by atoms with Gasteiger partial charge in [-0.1, -0.05) is 23.2 Å².